The van der Waals surface area contributed by atoms with Crippen LogP contribution in [0.3, 0.4) is 0 Å². The molecular formula is C11H8BrN3S. The largest absolute Gasteiger partial charge is 0.335 e. The lowest BCUT2D eigenvalue weighted by molar-refractivity contribution is 1.02. The number of rotatable bonds is 1. The molecule has 1 aromatic carbocycles. The predicted octanol–water partition coefficient (Wildman–Crippen LogP) is 3.48. The van der Waals surface area contributed by atoms with Gasteiger partial charge in [0.2, 0.25) is 0 Å². The summed E-state index contributed by atoms with van der Waals surface area (Å²) < 4.78 is 3.36. The number of aromatic amines is 1. The SMILES string of the molecule is Cc1cn(-c2ccc(C#N)cc2Br)c(=S)[nH]1. The van der Waals surface area contributed by atoms with Crippen LogP contribution in [0.1, 0.15) is 11.3 Å². The first kappa shape index (κ1) is 11.1. The van der Waals surface area contributed by atoms with Gasteiger partial charge in [-0.05, 0) is 53.3 Å². The molecule has 1 N–H and O–H groups in total. The highest BCUT2D eigenvalue weighted by atomic mass is 79.9. The Bertz CT molecular complexity index is 633. The summed E-state index contributed by atoms with van der Waals surface area (Å²) in [7, 11) is 0. The minimum absolute atomic E-state index is 0.620. The number of nitrogens with one attached hydrogen (secondary N) is 1. The van der Waals surface area contributed by atoms with Gasteiger partial charge < -0.3 is 4.98 Å². The monoisotopic (exact) mass is 293 g/mol. The maximum absolute atomic E-state index is 8.78. The van der Waals surface area contributed by atoms with Crippen molar-refractivity contribution in [1.29, 1.82) is 5.26 Å². The molecule has 0 bridgehead atoms. The molecule has 0 atom stereocenters. The fraction of sp³-hybridized carbons (Fsp3) is 0.0909. The van der Waals surface area contributed by atoms with Gasteiger partial charge in [0.25, 0.3) is 0 Å². The summed E-state index contributed by atoms with van der Waals surface area (Å²) in [6.45, 7) is 1.95. The van der Waals surface area contributed by atoms with Gasteiger partial charge in [-0.3, -0.25) is 4.57 Å². The third kappa shape index (κ3) is 1.94. The Hall–Kier alpha value is -1.38. The summed E-state index contributed by atoms with van der Waals surface area (Å²) in [6.07, 6.45) is 1.93. The van der Waals surface area contributed by atoms with Crippen LogP contribution in [0, 0.1) is 23.0 Å². The summed E-state index contributed by atoms with van der Waals surface area (Å²) in [5.74, 6) is 0. The summed E-state index contributed by atoms with van der Waals surface area (Å²) in [6, 6.07) is 7.51. The Balaban J connectivity index is 2.62. The zero-order chi connectivity index (χ0) is 11.7. The first-order valence-corrected chi connectivity index (χ1v) is 5.80. The van der Waals surface area contributed by atoms with E-state index in [2.05, 4.69) is 27.0 Å². The van der Waals surface area contributed by atoms with E-state index in [1.807, 2.05) is 23.8 Å². The topological polar surface area (TPSA) is 44.5 Å². The fourth-order valence-electron chi connectivity index (χ4n) is 1.46. The lowest BCUT2D eigenvalue weighted by atomic mass is 10.2. The number of halogens is 1. The molecule has 0 spiro atoms. The highest BCUT2D eigenvalue weighted by molar-refractivity contribution is 9.10. The minimum Gasteiger partial charge on any atom is -0.335 e. The molecule has 0 saturated heterocycles. The van der Waals surface area contributed by atoms with E-state index in [0.717, 1.165) is 15.9 Å². The average Bonchev–Trinajstić information content (AvgIpc) is 2.57. The van der Waals surface area contributed by atoms with Crippen LogP contribution < -0.4 is 0 Å². The number of nitriles is 1. The maximum Gasteiger partial charge on any atom is 0.182 e. The smallest absolute Gasteiger partial charge is 0.182 e. The van der Waals surface area contributed by atoms with Crippen molar-refractivity contribution in [1.82, 2.24) is 9.55 Å². The molecule has 80 valence electrons. The van der Waals surface area contributed by atoms with Gasteiger partial charge in [0, 0.05) is 16.4 Å². The number of imidazole rings is 1. The Kier molecular flexibility index (Phi) is 2.95. The summed E-state index contributed by atoms with van der Waals surface area (Å²) in [5.41, 5.74) is 2.55. The molecule has 0 aliphatic heterocycles. The van der Waals surface area contributed by atoms with E-state index in [4.69, 9.17) is 17.5 Å². The molecule has 2 aromatic rings. The third-order valence-electron chi connectivity index (χ3n) is 2.18. The van der Waals surface area contributed by atoms with Crippen molar-refractivity contribution in [3.8, 4) is 11.8 Å². The van der Waals surface area contributed by atoms with E-state index < -0.39 is 0 Å². The molecule has 0 unspecified atom stereocenters. The molecule has 1 aromatic heterocycles. The van der Waals surface area contributed by atoms with Crippen molar-refractivity contribution in [2.75, 3.05) is 0 Å². The summed E-state index contributed by atoms with van der Waals surface area (Å²) >= 11 is 8.63. The summed E-state index contributed by atoms with van der Waals surface area (Å²) in [4.78, 5) is 3.05. The first-order valence-electron chi connectivity index (χ1n) is 4.60. The van der Waals surface area contributed by atoms with Gasteiger partial charge in [-0.15, -0.1) is 0 Å². The number of H-pyrrole nitrogens is 1. The molecule has 3 nitrogen and oxygen atoms in total. The van der Waals surface area contributed by atoms with Gasteiger partial charge in [-0.2, -0.15) is 5.26 Å². The molecule has 0 radical (unpaired) electrons. The normalized spacial score (nSPS) is 10.1. The minimum atomic E-state index is 0.620. The molecule has 2 rings (SSSR count). The van der Waals surface area contributed by atoms with Gasteiger partial charge >= 0.3 is 0 Å². The van der Waals surface area contributed by atoms with Crippen LogP contribution in [-0.4, -0.2) is 9.55 Å². The molecule has 0 fully saturated rings. The first-order chi connectivity index (χ1) is 7.61. The van der Waals surface area contributed by atoms with Crippen LogP contribution >= 0.6 is 28.1 Å². The molecule has 0 aliphatic carbocycles. The number of aryl methyl sites for hydroxylation is 1. The zero-order valence-corrected chi connectivity index (χ0v) is 10.9. The van der Waals surface area contributed by atoms with E-state index in [9.17, 15) is 0 Å². The Morgan fingerprint density at radius 3 is 2.75 bits per heavy atom. The second kappa shape index (κ2) is 4.24. The van der Waals surface area contributed by atoms with Crippen LogP contribution in [0.5, 0.6) is 0 Å². The Morgan fingerprint density at radius 2 is 2.25 bits per heavy atom. The van der Waals surface area contributed by atoms with E-state index in [1.54, 1.807) is 12.1 Å². The van der Waals surface area contributed by atoms with Crippen LogP contribution in [0.4, 0.5) is 0 Å². The second-order valence-corrected chi connectivity index (χ2v) is 4.63. The van der Waals surface area contributed by atoms with Gasteiger partial charge in [-0.25, -0.2) is 0 Å². The lowest BCUT2D eigenvalue weighted by Gasteiger charge is -2.05. The third-order valence-corrected chi connectivity index (χ3v) is 3.12. The molecule has 0 aliphatic rings. The van der Waals surface area contributed by atoms with Crippen LogP contribution in [0.2, 0.25) is 0 Å². The number of hydrogen-bond donors (Lipinski definition) is 1. The predicted molar refractivity (Wildman–Crippen MR) is 68.1 cm³/mol. The second-order valence-electron chi connectivity index (χ2n) is 3.39. The maximum atomic E-state index is 8.78. The highest BCUT2D eigenvalue weighted by Crippen LogP contribution is 2.23. The van der Waals surface area contributed by atoms with Gasteiger partial charge in [0.15, 0.2) is 4.77 Å². The van der Waals surface area contributed by atoms with Crippen molar-refractivity contribution < 1.29 is 0 Å². The van der Waals surface area contributed by atoms with E-state index in [0.29, 0.717) is 10.3 Å². The van der Waals surface area contributed by atoms with Gasteiger partial charge in [0.05, 0.1) is 17.3 Å². The van der Waals surface area contributed by atoms with Crippen molar-refractivity contribution in [2.45, 2.75) is 6.92 Å². The molecule has 1 heterocycles. The van der Waals surface area contributed by atoms with Crippen molar-refractivity contribution in [3.05, 3.63) is 44.9 Å². The highest BCUT2D eigenvalue weighted by Gasteiger charge is 2.05. The number of nitrogens with zero attached hydrogens (tertiary/aromatic N) is 2. The van der Waals surface area contributed by atoms with Gasteiger partial charge in [0.1, 0.15) is 0 Å². The molecule has 0 saturated carbocycles. The summed E-state index contributed by atoms with van der Waals surface area (Å²) in [5, 5.41) is 8.78. The number of benzene rings is 1. The molecule has 0 amide bonds. The number of hydrogen-bond acceptors (Lipinski definition) is 2. The van der Waals surface area contributed by atoms with Crippen LogP contribution in [0.15, 0.2) is 28.9 Å². The molecule has 16 heavy (non-hydrogen) atoms. The van der Waals surface area contributed by atoms with Crippen molar-refractivity contribution >= 4 is 28.1 Å². The van der Waals surface area contributed by atoms with E-state index in [1.165, 1.54) is 0 Å². The molecule has 5 heteroatoms. The molecular weight excluding hydrogens is 286 g/mol. The standard InChI is InChI=1S/C11H8BrN3S/c1-7-6-15(11(16)14-7)10-3-2-8(5-13)4-9(10)12/h2-4,6H,1H3,(H,14,16). The Labute approximate surface area is 106 Å². The van der Waals surface area contributed by atoms with Crippen LogP contribution in [0.25, 0.3) is 5.69 Å². The lowest BCUT2D eigenvalue weighted by Crippen LogP contribution is -1.93. The Morgan fingerprint density at radius 1 is 1.50 bits per heavy atom. The van der Waals surface area contributed by atoms with E-state index in [-0.39, 0.29) is 0 Å². The van der Waals surface area contributed by atoms with Crippen molar-refractivity contribution in [2.24, 2.45) is 0 Å². The zero-order valence-electron chi connectivity index (χ0n) is 8.49. The average molecular weight is 294 g/mol. The van der Waals surface area contributed by atoms with Crippen LogP contribution in [-0.2, 0) is 0 Å². The fourth-order valence-corrected chi connectivity index (χ4v) is 2.35. The van der Waals surface area contributed by atoms with Crippen molar-refractivity contribution in [3.63, 3.8) is 0 Å². The van der Waals surface area contributed by atoms with E-state index >= 15 is 0 Å². The van der Waals surface area contributed by atoms with Gasteiger partial charge in [-0.1, -0.05) is 0 Å². The quantitative estimate of drug-likeness (QED) is 0.818. The number of aromatic nitrogens is 2.